The van der Waals surface area contributed by atoms with Crippen LogP contribution in [-0.2, 0) is 4.79 Å². The van der Waals surface area contributed by atoms with Crippen molar-refractivity contribution in [2.24, 2.45) is 5.92 Å². The summed E-state index contributed by atoms with van der Waals surface area (Å²) in [5, 5.41) is 8.79. The number of ether oxygens (including phenoxy) is 1. The molecule has 34 heavy (non-hydrogen) atoms. The number of benzene rings is 2. The van der Waals surface area contributed by atoms with Gasteiger partial charge in [0, 0.05) is 17.7 Å². The summed E-state index contributed by atoms with van der Waals surface area (Å²) in [7, 11) is -3.21. The third-order valence-corrected chi connectivity index (χ3v) is 8.79. The van der Waals surface area contributed by atoms with Crippen LogP contribution in [0.3, 0.4) is 0 Å². The van der Waals surface area contributed by atoms with Crippen molar-refractivity contribution in [1.29, 1.82) is 0 Å². The van der Waals surface area contributed by atoms with Crippen LogP contribution in [-0.4, -0.2) is 31.7 Å². The third-order valence-electron chi connectivity index (χ3n) is 5.87. The monoisotopic (exact) mass is 512 g/mol. The van der Waals surface area contributed by atoms with Crippen LogP contribution in [0.1, 0.15) is 56.6 Å². The van der Waals surface area contributed by atoms with E-state index in [1.54, 1.807) is 12.1 Å². The zero-order chi connectivity index (χ0) is 24.9. The molecule has 3 rings (SSSR count). The Labute approximate surface area is 204 Å². The molecule has 0 fully saturated rings. The second-order valence-corrected chi connectivity index (χ2v) is 11.8. The molecule has 2 atom stereocenters. The number of carboxylic acids is 1. The van der Waals surface area contributed by atoms with Crippen molar-refractivity contribution in [1.82, 2.24) is 0 Å². The van der Waals surface area contributed by atoms with Crippen LogP contribution in [0.5, 0.6) is 5.75 Å². The molecule has 0 radical (unpaired) electrons. The number of hydrogen-bond acceptors (Lipinski definition) is 5. The molecule has 0 amide bonds. The van der Waals surface area contributed by atoms with E-state index in [1.807, 2.05) is 13.0 Å². The molecule has 0 saturated heterocycles. The second-order valence-electron chi connectivity index (χ2n) is 8.34. The number of hydrogen-bond donors (Lipinski definition) is 3. The molecular formula is C25H30F2O5S2. The Morgan fingerprint density at radius 3 is 2.56 bits per heavy atom. The lowest BCUT2D eigenvalue weighted by Crippen LogP contribution is -2.13. The van der Waals surface area contributed by atoms with Gasteiger partial charge in [0.15, 0.2) is 0 Å². The normalized spacial score (nSPS) is 20.8. The molecule has 186 valence electrons. The van der Waals surface area contributed by atoms with Gasteiger partial charge in [-0.3, -0.25) is 9.11 Å². The van der Waals surface area contributed by atoms with Gasteiger partial charge in [-0.25, -0.2) is 9.18 Å². The largest absolute Gasteiger partial charge is 0.476 e. The number of aliphatic carboxylic acids is 1. The first-order valence-corrected chi connectivity index (χ1v) is 13.9. The summed E-state index contributed by atoms with van der Waals surface area (Å²) in [6, 6.07) is 9.55. The maximum absolute atomic E-state index is 13.6. The standard InChI is InChI=1S/C25H30F2O5S2/c1-3-5-6-16-11-19(17-7-9-18(26)10-8-17)20-12-23(33-4-2)22(32-14-21(27)25(28)29)13-24(20)34(30,31)15-16/h7-10,12-14,16,19,30-31H,3-6,11,15H2,1-2H3,(H,28,29). The van der Waals surface area contributed by atoms with Crippen molar-refractivity contribution in [3.05, 3.63) is 65.4 Å². The minimum absolute atomic E-state index is 0.0448. The zero-order valence-electron chi connectivity index (χ0n) is 19.2. The van der Waals surface area contributed by atoms with E-state index in [0.717, 1.165) is 30.4 Å². The highest BCUT2D eigenvalue weighted by Gasteiger charge is 2.35. The molecule has 9 heteroatoms. The van der Waals surface area contributed by atoms with Crippen molar-refractivity contribution >= 4 is 28.3 Å². The number of carbonyl (C=O) groups is 1. The van der Waals surface area contributed by atoms with Crippen LogP contribution < -0.4 is 4.74 Å². The molecule has 2 aromatic carbocycles. The minimum atomic E-state index is -3.21. The molecule has 1 aliphatic rings. The van der Waals surface area contributed by atoms with Gasteiger partial charge in [0.05, 0.1) is 9.79 Å². The number of halogens is 2. The maximum Gasteiger partial charge on any atom is 0.368 e. The van der Waals surface area contributed by atoms with E-state index in [2.05, 4.69) is 6.92 Å². The van der Waals surface area contributed by atoms with Crippen LogP contribution in [0, 0.1) is 11.7 Å². The Kier molecular flexibility index (Phi) is 9.03. The zero-order valence-corrected chi connectivity index (χ0v) is 20.8. The first kappa shape index (κ1) is 26.5. The van der Waals surface area contributed by atoms with E-state index < -0.39 is 22.4 Å². The number of fused-ring (bicyclic) bond motifs is 1. The van der Waals surface area contributed by atoms with Crippen molar-refractivity contribution in [2.45, 2.75) is 55.2 Å². The number of unbranched alkanes of at least 4 members (excludes halogenated alkanes) is 1. The number of rotatable bonds is 9. The van der Waals surface area contributed by atoms with E-state index >= 15 is 0 Å². The van der Waals surface area contributed by atoms with E-state index in [9.17, 15) is 22.7 Å². The lowest BCUT2D eigenvalue weighted by Gasteiger charge is -2.35. The first-order chi connectivity index (χ1) is 16.2. The number of carboxylic acid groups (broad SMARTS) is 1. The van der Waals surface area contributed by atoms with Crippen molar-refractivity contribution in [3.8, 4) is 5.75 Å². The Hall–Kier alpha value is -2.07. The average molecular weight is 513 g/mol. The van der Waals surface area contributed by atoms with Crippen LogP contribution in [0.25, 0.3) is 0 Å². The molecule has 2 unspecified atom stereocenters. The topological polar surface area (TPSA) is 87.0 Å². The third kappa shape index (κ3) is 6.33. The molecule has 5 nitrogen and oxygen atoms in total. The molecule has 3 N–H and O–H groups in total. The fourth-order valence-electron chi connectivity index (χ4n) is 4.29. The quantitative estimate of drug-likeness (QED) is 0.182. The highest BCUT2D eigenvalue weighted by molar-refractivity contribution is 8.24. The summed E-state index contributed by atoms with van der Waals surface area (Å²) in [6.07, 6.45) is 3.97. The number of thioether (sulfide) groups is 1. The molecule has 2 aromatic rings. The molecule has 0 aromatic heterocycles. The summed E-state index contributed by atoms with van der Waals surface area (Å²) in [4.78, 5) is 11.8. The molecule has 1 heterocycles. The molecule has 1 aliphatic heterocycles. The fourth-order valence-corrected chi connectivity index (χ4v) is 7.07. The van der Waals surface area contributed by atoms with Gasteiger partial charge < -0.3 is 9.84 Å². The summed E-state index contributed by atoms with van der Waals surface area (Å²) in [5.74, 6) is -2.69. The van der Waals surface area contributed by atoms with Gasteiger partial charge in [0.2, 0.25) is 5.83 Å². The molecule has 0 bridgehead atoms. The Morgan fingerprint density at radius 1 is 1.24 bits per heavy atom. The van der Waals surface area contributed by atoms with E-state index in [0.29, 0.717) is 28.2 Å². The minimum Gasteiger partial charge on any atom is -0.476 e. The van der Waals surface area contributed by atoms with Gasteiger partial charge >= 0.3 is 5.97 Å². The lowest BCUT2D eigenvalue weighted by atomic mass is 9.82. The van der Waals surface area contributed by atoms with Gasteiger partial charge in [-0.15, -0.1) is 11.8 Å². The molecule has 0 spiro atoms. The van der Waals surface area contributed by atoms with Crippen LogP contribution >= 0.6 is 22.4 Å². The summed E-state index contributed by atoms with van der Waals surface area (Å²) in [5.41, 5.74) is 1.59. The van der Waals surface area contributed by atoms with Gasteiger partial charge in [0.1, 0.15) is 17.8 Å². The Bertz CT molecular complexity index is 1040. The van der Waals surface area contributed by atoms with Crippen molar-refractivity contribution in [3.63, 3.8) is 0 Å². The summed E-state index contributed by atoms with van der Waals surface area (Å²) >= 11 is 1.42. The van der Waals surface area contributed by atoms with E-state index in [4.69, 9.17) is 9.84 Å². The average Bonchev–Trinajstić information content (AvgIpc) is 2.90. The highest BCUT2D eigenvalue weighted by atomic mass is 32.3. The predicted octanol–water partition coefficient (Wildman–Crippen LogP) is 7.66. The first-order valence-electron chi connectivity index (χ1n) is 11.2. The van der Waals surface area contributed by atoms with Crippen LogP contribution in [0.4, 0.5) is 8.78 Å². The SMILES string of the molecule is CCCCC1CC(c2ccc(F)cc2)c2cc(SCC)c(OC=C(F)C(=O)O)cc2S(O)(O)C1. The fraction of sp³-hybridized carbons (Fsp3) is 0.400. The second kappa shape index (κ2) is 11.6. The molecular weight excluding hydrogens is 482 g/mol. The van der Waals surface area contributed by atoms with Crippen LogP contribution in [0.2, 0.25) is 0 Å². The van der Waals surface area contributed by atoms with Gasteiger partial charge in [0.25, 0.3) is 0 Å². The Morgan fingerprint density at radius 2 is 1.94 bits per heavy atom. The summed E-state index contributed by atoms with van der Waals surface area (Å²) < 4.78 is 55.0. The van der Waals surface area contributed by atoms with Gasteiger partial charge in [-0.1, -0.05) is 38.8 Å². The Balaban J connectivity index is 2.16. The van der Waals surface area contributed by atoms with Crippen molar-refractivity contribution in [2.75, 3.05) is 11.5 Å². The highest BCUT2D eigenvalue weighted by Crippen LogP contribution is 2.59. The predicted molar refractivity (Wildman–Crippen MR) is 132 cm³/mol. The van der Waals surface area contributed by atoms with E-state index in [-0.39, 0.29) is 29.2 Å². The van der Waals surface area contributed by atoms with E-state index in [1.165, 1.54) is 30.0 Å². The smallest absolute Gasteiger partial charge is 0.368 e. The van der Waals surface area contributed by atoms with Gasteiger partial charge in [-0.2, -0.15) is 15.0 Å². The molecule has 0 saturated carbocycles. The van der Waals surface area contributed by atoms with Crippen molar-refractivity contribution < 1.29 is 32.5 Å². The summed E-state index contributed by atoms with van der Waals surface area (Å²) in [6.45, 7) is 4.02. The maximum atomic E-state index is 13.6. The van der Waals surface area contributed by atoms with Crippen LogP contribution in [0.15, 0.2) is 58.3 Å². The molecule has 0 aliphatic carbocycles. The van der Waals surface area contributed by atoms with Gasteiger partial charge in [-0.05, 0) is 53.8 Å². The lowest BCUT2D eigenvalue weighted by molar-refractivity contribution is -0.134.